The third-order valence-corrected chi connectivity index (χ3v) is 17.1. The van der Waals surface area contributed by atoms with Crippen molar-refractivity contribution in [3.8, 4) is 22.3 Å². The Bertz CT molecular complexity index is 3350. The summed E-state index contributed by atoms with van der Waals surface area (Å²) in [4.78, 5) is 5.47. The smallest absolute Gasteiger partial charge is 0.333 e. The van der Waals surface area contributed by atoms with E-state index < -0.39 is 5.41 Å². The zero-order valence-corrected chi connectivity index (χ0v) is 40.6. The normalized spacial score (nSPS) is 17.9. The molecular formula is C64H59BN2. The molecule has 0 N–H and O–H groups in total. The predicted octanol–water partition coefficient (Wildman–Crippen LogP) is 15.0. The Hall–Kier alpha value is -6.58. The Morgan fingerprint density at radius 2 is 1.07 bits per heavy atom. The summed E-state index contributed by atoms with van der Waals surface area (Å²) >= 11 is 0. The average molecular weight is 867 g/mol. The molecule has 8 aromatic carbocycles. The molecule has 0 bridgehead atoms. The van der Waals surface area contributed by atoms with Crippen LogP contribution < -0.4 is 20.6 Å². The number of fused-ring (bicyclic) bond motifs is 11. The monoisotopic (exact) mass is 866 g/mol. The number of hydrogen-bond acceptors (Lipinski definition) is 2. The molecule has 3 heteroatoms. The largest absolute Gasteiger partial charge is 0.376 e. The van der Waals surface area contributed by atoms with Crippen LogP contribution in [0.2, 0.25) is 0 Å². The Balaban J connectivity index is 1.21. The number of rotatable bonds is 3. The van der Waals surface area contributed by atoms with Crippen molar-refractivity contribution in [1.29, 1.82) is 0 Å². The van der Waals surface area contributed by atoms with Crippen LogP contribution in [0.4, 0.5) is 28.4 Å². The summed E-state index contributed by atoms with van der Waals surface area (Å²) < 4.78 is 0. The molecule has 0 atom stereocenters. The third kappa shape index (κ3) is 5.29. The number of nitrogens with zero attached hydrogens (tertiary/aromatic N) is 2. The fraction of sp³-hybridized carbons (Fsp3) is 0.250. The fourth-order valence-electron chi connectivity index (χ4n) is 13.6. The van der Waals surface area contributed by atoms with Gasteiger partial charge < -0.3 is 9.71 Å². The minimum absolute atomic E-state index is 0.0506. The molecule has 0 saturated heterocycles. The molecule has 3 heterocycles. The molecule has 3 aliphatic heterocycles. The van der Waals surface area contributed by atoms with Crippen LogP contribution in [0.3, 0.4) is 0 Å². The van der Waals surface area contributed by atoms with Gasteiger partial charge in [-0.1, -0.05) is 202 Å². The fourth-order valence-corrected chi connectivity index (χ4v) is 13.6. The highest BCUT2D eigenvalue weighted by atomic mass is 15.2. The molecular weight excluding hydrogens is 808 g/mol. The summed E-state index contributed by atoms with van der Waals surface area (Å²) in [6.07, 6.45) is 2.35. The van der Waals surface area contributed by atoms with Gasteiger partial charge in [0.15, 0.2) is 0 Å². The maximum Gasteiger partial charge on any atom is 0.333 e. The zero-order chi connectivity index (χ0) is 46.0. The van der Waals surface area contributed by atoms with Gasteiger partial charge in [-0.05, 0) is 137 Å². The van der Waals surface area contributed by atoms with Gasteiger partial charge in [0.25, 0.3) is 0 Å². The summed E-state index contributed by atoms with van der Waals surface area (Å²) in [6.45, 7) is 21.8. The number of para-hydroxylation sites is 2. The van der Waals surface area contributed by atoms with E-state index in [1.807, 2.05) is 0 Å². The van der Waals surface area contributed by atoms with Crippen molar-refractivity contribution in [3.63, 3.8) is 0 Å². The van der Waals surface area contributed by atoms with Gasteiger partial charge in [-0.25, -0.2) is 0 Å². The lowest BCUT2D eigenvalue weighted by Gasteiger charge is -2.52. The molecule has 328 valence electrons. The Morgan fingerprint density at radius 3 is 1.78 bits per heavy atom. The van der Waals surface area contributed by atoms with E-state index in [4.69, 9.17) is 0 Å². The standard InChI is InChI=1S/C64H59BN2/c1-60(2,3)42-37-45-57-54(34-33-49-56(57)44-25-16-17-26-46(44)63(49,8)9)67(43-31-32-47-51(39-43)62(6,7)36-35-61(47,4)5)65-52-29-20-28-50-59(52)66(55(38-42)58(45)65)53-30-19-18-27-48(53)64(50,40-21-12-10-13-22-40)41-23-14-11-15-24-41/h10-34,37-39H,35-36H2,1-9H3. The van der Waals surface area contributed by atoms with E-state index in [2.05, 4.69) is 242 Å². The van der Waals surface area contributed by atoms with Gasteiger partial charge in [0.05, 0.1) is 11.1 Å². The minimum atomic E-state index is -0.572. The molecule has 0 saturated carbocycles. The second kappa shape index (κ2) is 13.5. The topological polar surface area (TPSA) is 6.48 Å². The lowest BCUT2D eigenvalue weighted by molar-refractivity contribution is 0.332. The van der Waals surface area contributed by atoms with E-state index in [1.54, 1.807) is 0 Å². The first-order chi connectivity index (χ1) is 32.1. The second-order valence-corrected chi connectivity index (χ2v) is 23.1. The molecule has 0 unspecified atom stereocenters. The van der Waals surface area contributed by atoms with Crippen molar-refractivity contribution in [2.45, 2.75) is 102 Å². The number of hydrogen-bond donors (Lipinski definition) is 0. The van der Waals surface area contributed by atoms with E-state index in [0.29, 0.717) is 0 Å². The molecule has 8 aromatic rings. The molecule has 13 rings (SSSR count). The van der Waals surface area contributed by atoms with E-state index in [1.165, 1.54) is 125 Å². The van der Waals surface area contributed by atoms with Gasteiger partial charge in [0.1, 0.15) is 0 Å². The highest BCUT2D eigenvalue weighted by Gasteiger charge is 2.54. The average Bonchev–Trinajstić information content (AvgIpc) is 3.57. The van der Waals surface area contributed by atoms with E-state index in [0.717, 1.165) is 0 Å². The Morgan fingerprint density at radius 1 is 0.463 bits per heavy atom. The van der Waals surface area contributed by atoms with Crippen molar-refractivity contribution in [2.75, 3.05) is 9.71 Å². The van der Waals surface area contributed by atoms with Crippen molar-refractivity contribution in [1.82, 2.24) is 0 Å². The highest BCUT2D eigenvalue weighted by molar-refractivity contribution is 6.93. The lowest BCUT2D eigenvalue weighted by atomic mass is 9.42. The molecule has 2 aliphatic carbocycles. The van der Waals surface area contributed by atoms with Crippen LogP contribution in [0.5, 0.6) is 0 Å². The second-order valence-electron chi connectivity index (χ2n) is 23.1. The molecule has 0 spiro atoms. The molecule has 5 aliphatic rings. The van der Waals surface area contributed by atoms with E-state index in [-0.39, 0.29) is 28.5 Å². The van der Waals surface area contributed by atoms with Gasteiger partial charge in [-0.15, -0.1) is 0 Å². The third-order valence-electron chi connectivity index (χ3n) is 17.1. The van der Waals surface area contributed by atoms with Crippen LogP contribution in [0.15, 0.2) is 170 Å². The zero-order valence-electron chi connectivity index (χ0n) is 40.6. The summed E-state index contributed by atoms with van der Waals surface area (Å²) in [7, 11) is 0. The summed E-state index contributed by atoms with van der Waals surface area (Å²) in [5.74, 6) is 0. The maximum atomic E-state index is 2.78. The predicted molar refractivity (Wildman–Crippen MR) is 284 cm³/mol. The molecule has 0 aromatic heterocycles. The van der Waals surface area contributed by atoms with Crippen LogP contribution in [-0.2, 0) is 27.1 Å². The summed E-state index contributed by atoms with van der Waals surface area (Å²) in [6, 6.07) is 66.1. The maximum absolute atomic E-state index is 2.78. The van der Waals surface area contributed by atoms with E-state index >= 15 is 0 Å². The van der Waals surface area contributed by atoms with Gasteiger partial charge in [-0.2, -0.15) is 0 Å². The van der Waals surface area contributed by atoms with Gasteiger partial charge in [-0.3, -0.25) is 0 Å². The van der Waals surface area contributed by atoms with Crippen molar-refractivity contribution in [3.05, 3.63) is 220 Å². The van der Waals surface area contributed by atoms with Crippen LogP contribution in [-0.4, -0.2) is 6.85 Å². The van der Waals surface area contributed by atoms with Crippen LogP contribution in [0.25, 0.3) is 22.3 Å². The SMILES string of the molecule is CC(C)(C)c1cc2c3c(c1)N1c4ccccc4C(c4ccccc4)(c4ccccc4)c4cccc(c41)B3N(c1ccc3c(c1)C(C)(C)CCC3(C)C)c1ccc3c(c1-2)-c1ccccc1C3(C)C. The van der Waals surface area contributed by atoms with Gasteiger partial charge >= 0.3 is 6.85 Å². The summed E-state index contributed by atoms with van der Waals surface area (Å²) in [5, 5.41) is 0. The molecule has 67 heavy (non-hydrogen) atoms. The summed E-state index contributed by atoms with van der Waals surface area (Å²) in [5.41, 5.74) is 26.2. The van der Waals surface area contributed by atoms with Crippen molar-refractivity contribution in [2.24, 2.45) is 0 Å². The van der Waals surface area contributed by atoms with Crippen LogP contribution in [0.1, 0.15) is 125 Å². The quantitative estimate of drug-likeness (QED) is 0.163. The first-order valence-electron chi connectivity index (χ1n) is 24.7. The van der Waals surface area contributed by atoms with Crippen LogP contribution >= 0.6 is 0 Å². The highest BCUT2D eigenvalue weighted by Crippen LogP contribution is 2.62. The van der Waals surface area contributed by atoms with Crippen molar-refractivity contribution < 1.29 is 0 Å². The lowest BCUT2D eigenvalue weighted by Crippen LogP contribution is -2.63. The first kappa shape index (κ1) is 40.7. The Kier molecular flexibility index (Phi) is 8.22. The van der Waals surface area contributed by atoms with E-state index in [9.17, 15) is 0 Å². The van der Waals surface area contributed by atoms with Gasteiger partial charge in [0, 0.05) is 33.7 Å². The minimum Gasteiger partial charge on any atom is -0.376 e. The van der Waals surface area contributed by atoms with Gasteiger partial charge in [0.2, 0.25) is 0 Å². The molecule has 0 fully saturated rings. The first-order valence-corrected chi connectivity index (χ1v) is 24.7. The Labute approximate surface area is 398 Å². The van der Waals surface area contributed by atoms with Crippen LogP contribution in [0, 0.1) is 0 Å². The molecule has 2 nitrogen and oxygen atoms in total. The molecule has 0 radical (unpaired) electrons. The number of anilines is 5. The number of benzene rings is 8. The molecule has 0 amide bonds. The van der Waals surface area contributed by atoms with Crippen molar-refractivity contribution >= 4 is 46.2 Å².